The Kier molecular flexibility index (Phi) is 4.34. The molecule has 1 aromatic rings. The topological polar surface area (TPSA) is 26.0 Å². The minimum Gasteiger partial charge on any atom is -0.328 e. The van der Waals surface area contributed by atoms with Gasteiger partial charge in [-0.15, -0.1) is 12.4 Å². The van der Waals surface area contributed by atoms with Crippen molar-refractivity contribution in [3.05, 3.63) is 28.8 Å². The zero-order chi connectivity index (χ0) is 13.5. The Morgan fingerprint density at radius 2 is 1.72 bits per heavy atom. The van der Waals surface area contributed by atoms with Crippen LogP contribution in [0.15, 0.2) is 23.1 Å². The molecular formula is C9H12Cl2F5NS. The van der Waals surface area contributed by atoms with Crippen LogP contribution in [0.3, 0.4) is 0 Å². The lowest BCUT2D eigenvalue weighted by atomic mass is 10.1. The summed E-state index contributed by atoms with van der Waals surface area (Å²) >= 11 is 5.63. The zero-order valence-electron chi connectivity index (χ0n) is 9.18. The van der Waals surface area contributed by atoms with Crippen molar-refractivity contribution >= 4 is 34.2 Å². The van der Waals surface area contributed by atoms with E-state index in [9.17, 15) is 19.4 Å². The fraction of sp³-hybridized carbons (Fsp3) is 0.333. The van der Waals surface area contributed by atoms with Gasteiger partial charge < -0.3 is 5.73 Å². The maximum Gasteiger partial charge on any atom is 0.310 e. The fourth-order valence-corrected chi connectivity index (χ4v) is 2.18. The molecule has 108 valence electrons. The van der Waals surface area contributed by atoms with Gasteiger partial charge in [0, 0.05) is 11.1 Å². The summed E-state index contributed by atoms with van der Waals surface area (Å²) in [6.45, 7) is 1.54. The van der Waals surface area contributed by atoms with Crippen LogP contribution in [-0.2, 0) is 6.42 Å². The van der Waals surface area contributed by atoms with E-state index in [1.54, 1.807) is 6.92 Å². The summed E-state index contributed by atoms with van der Waals surface area (Å²) < 4.78 is 62.6. The SMILES string of the molecule is CC(N)Cc1cc(S(F)(F)(F)(F)F)ccc1Cl.Cl. The highest BCUT2D eigenvalue weighted by atomic mass is 35.5. The molecule has 0 aliphatic carbocycles. The average Bonchev–Trinajstić information content (AvgIpc) is 2.03. The zero-order valence-corrected chi connectivity index (χ0v) is 11.6. The van der Waals surface area contributed by atoms with Gasteiger partial charge in [-0.25, -0.2) is 0 Å². The molecule has 0 fully saturated rings. The van der Waals surface area contributed by atoms with Crippen LogP contribution in [0.4, 0.5) is 19.4 Å². The third-order valence-electron chi connectivity index (χ3n) is 2.00. The molecule has 0 radical (unpaired) electrons. The summed E-state index contributed by atoms with van der Waals surface area (Å²) in [4.78, 5) is -1.94. The molecule has 1 rings (SSSR count). The van der Waals surface area contributed by atoms with Gasteiger partial charge in [0.1, 0.15) is 4.90 Å². The number of hydrogen-bond donors (Lipinski definition) is 1. The first-order valence-corrected chi connectivity index (χ1v) is 6.90. The van der Waals surface area contributed by atoms with E-state index in [4.69, 9.17) is 17.3 Å². The predicted octanol–water partition coefficient (Wildman–Crippen LogP) is 5.31. The standard InChI is InChI=1S/C9H11ClF5NS.ClH/c1-6(16)4-7-5-8(2-3-9(7)10)17(11,12,13,14)15;/h2-3,5-6H,4,16H2,1H3;1H. The Hall–Kier alpha value is -0.240. The van der Waals surface area contributed by atoms with Gasteiger partial charge >= 0.3 is 10.2 Å². The smallest absolute Gasteiger partial charge is 0.310 e. The van der Waals surface area contributed by atoms with E-state index in [1.165, 1.54) is 0 Å². The Morgan fingerprint density at radius 3 is 2.11 bits per heavy atom. The van der Waals surface area contributed by atoms with E-state index in [-0.39, 0.29) is 35.5 Å². The average molecular weight is 332 g/mol. The monoisotopic (exact) mass is 331 g/mol. The number of rotatable bonds is 3. The molecule has 1 unspecified atom stereocenters. The highest BCUT2D eigenvalue weighted by molar-refractivity contribution is 8.45. The maximum absolute atomic E-state index is 12.5. The molecule has 9 heteroatoms. The van der Waals surface area contributed by atoms with Crippen molar-refractivity contribution in [3.63, 3.8) is 0 Å². The molecule has 0 saturated carbocycles. The van der Waals surface area contributed by atoms with Crippen molar-refractivity contribution in [2.24, 2.45) is 5.73 Å². The normalized spacial score (nSPS) is 17.3. The fourth-order valence-electron chi connectivity index (χ4n) is 1.29. The first-order valence-electron chi connectivity index (χ1n) is 4.58. The highest BCUT2D eigenvalue weighted by Crippen LogP contribution is 3.02. The molecule has 0 amide bonds. The van der Waals surface area contributed by atoms with Crippen molar-refractivity contribution in [2.75, 3.05) is 0 Å². The van der Waals surface area contributed by atoms with E-state index in [0.717, 1.165) is 6.07 Å². The minimum atomic E-state index is -9.64. The van der Waals surface area contributed by atoms with Gasteiger partial charge in [0.05, 0.1) is 0 Å². The molecule has 0 aliphatic rings. The van der Waals surface area contributed by atoms with Crippen LogP contribution in [0.2, 0.25) is 5.02 Å². The van der Waals surface area contributed by atoms with Crippen LogP contribution in [0.1, 0.15) is 12.5 Å². The van der Waals surface area contributed by atoms with Crippen LogP contribution in [0.25, 0.3) is 0 Å². The maximum atomic E-state index is 12.5. The van der Waals surface area contributed by atoms with Gasteiger partial charge in [-0.05, 0) is 37.1 Å². The summed E-state index contributed by atoms with van der Waals surface area (Å²) in [5.74, 6) is 0. The molecule has 0 heterocycles. The quantitative estimate of drug-likeness (QED) is 0.746. The summed E-state index contributed by atoms with van der Waals surface area (Å²) in [7, 11) is -9.64. The van der Waals surface area contributed by atoms with Crippen LogP contribution in [-0.4, -0.2) is 6.04 Å². The number of hydrogen-bond acceptors (Lipinski definition) is 1. The molecule has 0 spiro atoms. The predicted molar refractivity (Wildman–Crippen MR) is 67.5 cm³/mol. The summed E-state index contributed by atoms with van der Waals surface area (Å²) in [5, 5.41) is -0.00657. The summed E-state index contributed by atoms with van der Waals surface area (Å²) in [6, 6.07) is 0.996. The second-order valence-corrected chi connectivity index (χ2v) is 6.72. The lowest BCUT2D eigenvalue weighted by Gasteiger charge is -2.40. The van der Waals surface area contributed by atoms with Crippen molar-refractivity contribution < 1.29 is 19.4 Å². The molecule has 1 atom stereocenters. The van der Waals surface area contributed by atoms with Crippen molar-refractivity contribution in [3.8, 4) is 0 Å². The molecule has 0 aliphatic heterocycles. The molecule has 1 nitrogen and oxygen atoms in total. The molecule has 0 bridgehead atoms. The van der Waals surface area contributed by atoms with Gasteiger partial charge in [0.15, 0.2) is 0 Å². The van der Waals surface area contributed by atoms with E-state index < -0.39 is 21.2 Å². The van der Waals surface area contributed by atoms with E-state index in [1.807, 2.05) is 0 Å². The van der Waals surface area contributed by atoms with E-state index in [0.29, 0.717) is 6.07 Å². The van der Waals surface area contributed by atoms with Gasteiger partial charge in [-0.3, -0.25) is 0 Å². The van der Waals surface area contributed by atoms with Crippen molar-refractivity contribution in [1.29, 1.82) is 0 Å². The van der Waals surface area contributed by atoms with Crippen molar-refractivity contribution in [1.82, 2.24) is 0 Å². The molecule has 18 heavy (non-hydrogen) atoms. The van der Waals surface area contributed by atoms with Gasteiger partial charge in [0.2, 0.25) is 0 Å². The lowest BCUT2D eigenvalue weighted by molar-refractivity contribution is 0.364. The van der Waals surface area contributed by atoms with Crippen LogP contribution in [0, 0.1) is 0 Å². The molecule has 1 aromatic carbocycles. The second-order valence-electron chi connectivity index (χ2n) is 3.90. The van der Waals surface area contributed by atoms with Gasteiger partial charge in [0.25, 0.3) is 0 Å². The Labute approximate surface area is 113 Å². The summed E-state index contributed by atoms with van der Waals surface area (Å²) in [6.07, 6.45) is 0.000509. The van der Waals surface area contributed by atoms with Crippen LogP contribution in [0.5, 0.6) is 0 Å². The number of halogens is 7. The third kappa shape index (κ3) is 4.79. The number of nitrogens with two attached hydrogens (primary N) is 1. The molecular weight excluding hydrogens is 320 g/mol. The van der Waals surface area contributed by atoms with Gasteiger partial charge in [-0.2, -0.15) is 0 Å². The molecule has 2 N–H and O–H groups in total. The highest BCUT2D eigenvalue weighted by Gasteiger charge is 2.65. The summed E-state index contributed by atoms with van der Waals surface area (Å²) in [5.41, 5.74) is 5.37. The number of benzene rings is 1. The van der Waals surface area contributed by atoms with Crippen LogP contribution >= 0.6 is 34.2 Å². The van der Waals surface area contributed by atoms with Crippen LogP contribution < -0.4 is 5.73 Å². The van der Waals surface area contributed by atoms with Gasteiger partial charge in [-0.1, -0.05) is 31.0 Å². The third-order valence-corrected chi connectivity index (χ3v) is 3.52. The lowest BCUT2D eigenvalue weighted by Crippen LogP contribution is -2.18. The minimum absolute atomic E-state index is 0. The first-order chi connectivity index (χ1) is 7.29. The van der Waals surface area contributed by atoms with E-state index >= 15 is 0 Å². The molecule has 0 aromatic heterocycles. The molecule has 0 saturated heterocycles. The van der Waals surface area contributed by atoms with Crippen molar-refractivity contribution in [2.45, 2.75) is 24.3 Å². The Balaban J connectivity index is 0.00000289. The largest absolute Gasteiger partial charge is 0.328 e. The first kappa shape index (κ1) is 17.8. The van der Waals surface area contributed by atoms with E-state index in [2.05, 4.69) is 0 Å². The second kappa shape index (κ2) is 4.40. The Bertz CT molecular complexity index is 445. The Morgan fingerprint density at radius 1 is 1.22 bits per heavy atom.